The Morgan fingerprint density at radius 3 is 0.452 bits per heavy atom. The second kappa shape index (κ2) is 20.1. The normalized spacial score (nSPS) is 18.0. The van der Waals surface area contributed by atoms with Gasteiger partial charge in [0.1, 0.15) is 0 Å². The smallest absolute Gasteiger partial charge is 0.402 e. The third-order valence-electron chi connectivity index (χ3n) is 13.4. The van der Waals surface area contributed by atoms with Crippen LogP contribution in [0.25, 0.3) is 0 Å². The molecule has 0 saturated carbocycles. The zero-order valence-corrected chi connectivity index (χ0v) is 46.5. The van der Waals surface area contributed by atoms with Crippen LogP contribution in [0.2, 0.25) is 0 Å². The van der Waals surface area contributed by atoms with Crippen molar-refractivity contribution >= 4 is 112 Å². The summed E-state index contributed by atoms with van der Waals surface area (Å²) in [5.74, 6) is 0. The summed E-state index contributed by atoms with van der Waals surface area (Å²) in [4.78, 5) is 0. The van der Waals surface area contributed by atoms with E-state index in [0.717, 1.165) is 51.9 Å². The van der Waals surface area contributed by atoms with E-state index < -0.39 is 49.7 Å². The zero-order valence-electron chi connectivity index (χ0n) is 39.7. The summed E-state index contributed by atoms with van der Waals surface area (Å²) in [5.41, 5.74) is 0. The molecular weight excluding hydrogens is 1020 g/mol. The van der Waals surface area contributed by atoms with Crippen LogP contribution in [0, 0.1) is 0 Å². The molecule has 2 aliphatic heterocycles. The fraction of sp³-hybridized carbons (Fsp3) is 0. The van der Waals surface area contributed by atoms with Gasteiger partial charge in [-0.15, -0.1) is 0 Å². The lowest BCUT2D eigenvalue weighted by Gasteiger charge is -2.57. The topological polar surface area (TPSA) is 55.4 Å². The van der Waals surface area contributed by atoms with Gasteiger partial charge in [0, 0.05) is 10.4 Å². The molecule has 6 nitrogen and oxygen atoms in total. The average molecular weight is 1070 g/mol. The molecule has 0 aliphatic carbocycles. The summed E-state index contributed by atoms with van der Waals surface area (Å²) in [6, 6.07) is 106. The lowest BCUT2D eigenvalue weighted by atomic mass is 10.4. The molecule has 10 aromatic carbocycles. The van der Waals surface area contributed by atoms with Crippen LogP contribution in [0.15, 0.2) is 303 Å². The van der Waals surface area contributed by atoms with Crippen LogP contribution in [0.3, 0.4) is 0 Å². The van der Waals surface area contributed by atoms with E-state index in [4.69, 9.17) is 24.7 Å². The maximum atomic E-state index is 8.52. The van der Waals surface area contributed by atoms with Crippen LogP contribution >= 0.6 is 10.7 Å². The molecule has 0 spiro atoms. The summed E-state index contributed by atoms with van der Waals surface area (Å²) >= 11 is 0. The van der Waals surface area contributed by atoms with Crippen molar-refractivity contribution in [3.63, 3.8) is 0 Å². The summed E-state index contributed by atoms with van der Waals surface area (Å²) in [7, 11) is -22.4. The lowest BCUT2D eigenvalue weighted by Crippen LogP contribution is -2.88. The minimum absolute atomic E-state index is 0.927. The molecule has 0 N–H and O–H groups in total. The highest BCUT2D eigenvalue weighted by Gasteiger charge is 2.74. The summed E-state index contributed by atoms with van der Waals surface area (Å²) < 4.78 is 50.6. The van der Waals surface area contributed by atoms with Crippen LogP contribution in [0.4, 0.5) is 0 Å². The van der Waals surface area contributed by atoms with E-state index >= 15 is 0 Å². The fourth-order valence-corrected chi connectivity index (χ4v) is 59.0. The van der Waals surface area contributed by atoms with E-state index in [9.17, 15) is 0 Å². The van der Waals surface area contributed by atoms with Crippen molar-refractivity contribution in [2.24, 2.45) is 0 Å². The Balaban J connectivity index is 1.24. The van der Waals surface area contributed by atoms with Crippen LogP contribution in [-0.4, -0.2) is 49.7 Å². The number of hydrogen-bond donors (Lipinski definition) is 0. The standard InChI is InChI=1S/C60H50O6SSi6/c1-11-31-51(32-12-1)68(52-33-13-2-14-34-52)61-69(53-35-15-3-16-36-53,54-37-17-4-18-38-54)64-72(63-68,59-47-27-9-28-48-59)67-73(60-49-29-10-30-50-60)65-70(55-39-19-5-20-40-55,56-41-21-6-22-42-56)62-71(66-73,57-43-23-7-24-44-57)58-45-25-8-26-46-58/h1-50H. The van der Waals surface area contributed by atoms with Crippen molar-refractivity contribution in [1.29, 1.82) is 0 Å². The number of benzene rings is 10. The zero-order chi connectivity index (χ0) is 49.1. The first kappa shape index (κ1) is 47.6. The Morgan fingerprint density at radius 2 is 0.301 bits per heavy atom. The second-order valence-corrected chi connectivity index (χ2v) is 41.7. The predicted octanol–water partition coefficient (Wildman–Crippen LogP) is 6.57. The van der Waals surface area contributed by atoms with Crippen molar-refractivity contribution in [3.8, 4) is 0 Å². The van der Waals surface area contributed by atoms with E-state index in [1.54, 1.807) is 10.7 Å². The fourth-order valence-electron chi connectivity index (χ4n) is 10.1. The van der Waals surface area contributed by atoms with Crippen LogP contribution in [-0.2, 0) is 24.7 Å². The molecule has 0 radical (unpaired) electrons. The molecule has 356 valence electrons. The highest BCUT2D eigenvalue weighted by atomic mass is 32.5. The molecule has 12 rings (SSSR count). The molecule has 2 aliphatic rings. The maximum Gasteiger partial charge on any atom is 0.423 e. The van der Waals surface area contributed by atoms with Gasteiger partial charge in [0.15, 0.2) is 0 Å². The van der Waals surface area contributed by atoms with Crippen LogP contribution in [0.1, 0.15) is 0 Å². The highest BCUT2D eigenvalue weighted by molar-refractivity contribution is 8.50. The van der Waals surface area contributed by atoms with E-state index in [2.05, 4.69) is 303 Å². The highest BCUT2D eigenvalue weighted by Crippen LogP contribution is 2.46. The van der Waals surface area contributed by atoms with Crippen molar-refractivity contribution in [2.75, 3.05) is 0 Å². The van der Waals surface area contributed by atoms with Crippen molar-refractivity contribution in [1.82, 2.24) is 0 Å². The Hall–Kier alpha value is -6.39. The molecule has 0 atom stereocenters. The van der Waals surface area contributed by atoms with Gasteiger partial charge >= 0.3 is 49.7 Å². The second-order valence-electron chi connectivity index (χ2n) is 18.0. The largest absolute Gasteiger partial charge is 0.423 e. The first-order valence-electron chi connectivity index (χ1n) is 24.5. The summed E-state index contributed by atoms with van der Waals surface area (Å²) in [6.07, 6.45) is 0. The molecule has 73 heavy (non-hydrogen) atoms. The van der Waals surface area contributed by atoms with Gasteiger partial charge < -0.3 is 24.7 Å². The first-order chi connectivity index (χ1) is 36.0. The van der Waals surface area contributed by atoms with Gasteiger partial charge in [-0.05, 0) is 41.5 Å². The molecule has 0 aromatic heterocycles. The minimum atomic E-state index is -4.22. The predicted molar refractivity (Wildman–Crippen MR) is 309 cm³/mol. The molecule has 13 heteroatoms. The Kier molecular flexibility index (Phi) is 13.1. The van der Waals surface area contributed by atoms with Gasteiger partial charge in [-0.2, -0.15) is 0 Å². The van der Waals surface area contributed by atoms with E-state index in [-0.39, 0.29) is 0 Å². The van der Waals surface area contributed by atoms with E-state index in [0.29, 0.717) is 0 Å². The minimum Gasteiger partial charge on any atom is -0.402 e. The molecule has 0 bridgehead atoms. The molecule has 0 amide bonds. The van der Waals surface area contributed by atoms with Gasteiger partial charge in [0.2, 0.25) is 0 Å². The van der Waals surface area contributed by atoms with Gasteiger partial charge in [-0.1, -0.05) is 314 Å². The molecule has 0 unspecified atom stereocenters. The maximum absolute atomic E-state index is 8.52. The lowest BCUT2D eigenvalue weighted by molar-refractivity contribution is 0.270. The van der Waals surface area contributed by atoms with Crippen molar-refractivity contribution < 1.29 is 24.7 Å². The van der Waals surface area contributed by atoms with Gasteiger partial charge in [-0.25, -0.2) is 0 Å². The van der Waals surface area contributed by atoms with Crippen molar-refractivity contribution in [3.05, 3.63) is 303 Å². The van der Waals surface area contributed by atoms with Crippen LogP contribution < -0.4 is 51.9 Å². The quantitative estimate of drug-likeness (QED) is 0.129. The monoisotopic (exact) mass is 1070 g/mol. The summed E-state index contributed by atoms with van der Waals surface area (Å²) in [5, 5.41) is 9.63. The molecule has 2 fully saturated rings. The number of hydrogen-bond acceptors (Lipinski definition) is 7. The van der Waals surface area contributed by atoms with Crippen LogP contribution in [0.5, 0.6) is 0 Å². The molecule has 2 heterocycles. The van der Waals surface area contributed by atoms with Crippen molar-refractivity contribution in [2.45, 2.75) is 0 Å². The molecule has 10 aromatic rings. The SMILES string of the molecule is c1ccc([Si]2(S[Si]3(c4ccccc4)O[Si](c4ccccc4)(c4ccccc4)O[Si](c4ccccc4)(c4ccccc4)O3)O[Si](c3ccccc3)(c3ccccc3)O[Si](c3ccccc3)(c3ccccc3)O2)cc1. The Bertz CT molecular complexity index is 2820. The molecular formula is C60H50O6SSi6. The number of rotatable bonds is 12. The van der Waals surface area contributed by atoms with E-state index in [1.807, 2.05) is 0 Å². The van der Waals surface area contributed by atoms with Gasteiger partial charge in [0.25, 0.3) is 0 Å². The van der Waals surface area contributed by atoms with Gasteiger partial charge in [-0.3, -0.25) is 0 Å². The first-order valence-corrected chi connectivity index (χ1v) is 37.6. The summed E-state index contributed by atoms with van der Waals surface area (Å²) in [6.45, 7) is 0. The third kappa shape index (κ3) is 8.61. The molecule has 2 saturated heterocycles. The van der Waals surface area contributed by atoms with Gasteiger partial charge in [0.05, 0.1) is 0 Å². The average Bonchev–Trinajstić information content (AvgIpc) is 3.49. The Labute approximate surface area is 437 Å². The Morgan fingerprint density at radius 1 is 0.164 bits per heavy atom. The van der Waals surface area contributed by atoms with E-state index in [1.165, 1.54) is 0 Å². The third-order valence-corrected chi connectivity index (χ3v) is 49.2.